The Kier molecular flexibility index (Phi) is 6.45. The van der Waals surface area contributed by atoms with Gasteiger partial charge in [-0.25, -0.2) is 9.79 Å². The highest BCUT2D eigenvalue weighted by Gasteiger charge is 2.25. The Labute approximate surface area is 189 Å². The summed E-state index contributed by atoms with van der Waals surface area (Å²) >= 11 is 0. The van der Waals surface area contributed by atoms with Gasteiger partial charge < -0.3 is 14.2 Å². The monoisotopic (exact) mass is 444 g/mol. The molecule has 1 heterocycles. The van der Waals surface area contributed by atoms with Crippen molar-refractivity contribution in [2.75, 3.05) is 13.2 Å². The van der Waals surface area contributed by atoms with Crippen LogP contribution in [0.4, 0.5) is 5.69 Å². The van der Waals surface area contributed by atoms with Crippen molar-refractivity contribution in [1.29, 1.82) is 0 Å². The fraction of sp³-hybridized carbons (Fsp3) is 0.120. The van der Waals surface area contributed by atoms with E-state index >= 15 is 0 Å². The van der Waals surface area contributed by atoms with E-state index in [9.17, 15) is 14.9 Å². The lowest BCUT2D eigenvalue weighted by molar-refractivity contribution is -0.384. The number of carbonyl (C=O) groups is 1. The number of aryl methyl sites for hydroxylation is 1. The van der Waals surface area contributed by atoms with Gasteiger partial charge in [0.2, 0.25) is 5.90 Å². The van der Waals surface area contributed by atoms with Gasteiger partial charge in [0.05, 0.1) is 4.92 Å². The average molecular weight is 444 g/mol. The Bertz CT molecular complexity index is 1250. The normalized spacial score (nSPS) is 14.0. The second-order valence-corrected chi connectivity index (χ2v) is 7.19. The molecule has 0 radical (unpaired) electrons. The van der Waals surface area contributed by atoms with Crippen LogP contribution >= 0.6 is 0 Å². The van der Waals surface area contributed by atoms with Gasteiger partial charge in [0, 0.05) is 23.3 Å². The van der Waals surface area contributed by atoms with Crippen LogP contribution in [0.5, 0.6) is 11.5 Å². The first kappa shape index (κ1) is 21.8. The SMILES string of the molecule is Cc1cccc(OCCOc2ccc([N+](=O)[O-])cc2/C=C2/N=C(c3ccccc3)OC2=O)c1. The van der Waals surface area contributed by atoms with Crippen molar-refractivity contribution >= 4 is 23.6 Å². The van der Waals surface area contributed by atoms with Gasteiger partial charge in [0.25, 0.3) is 5.69 Å². The van der Waals surface area contributed by atoms with Crippen LogP contribution in [-0.4, -0.2) is 30.0 Å². The number of carbonyl (C=O) groups excluding carboxylic acids is 1. The van der Waals surface area contributed by atoms with E-state index in [1.807, 2.05) is 37.3 Å². The molecule has 0 fully saturated rings. The second kappa shape index (κ2) is 9.78. The standard InChI is InChI=1S/C25H20N2O6/c1-17-6-5-9-21(14-17)31-12-13-32-23-11-10-20(27(29)30)15-19(23)16-22-25(28)33-24(26-22)18-7-3-2-4-8-18/h2-11,14-16H,12-13H2,1H3/b22-16+. The molecule has 0 saturated heterocycles. The zero-order chi connectivity index (χ0) is 23.2. The number of esters is 1. The molecule has 0 aliphatic carbocycles. The maximum atomic E-state index is 12.3. The number of hydrogen-bond acceptors (Lipinski definition) is 7. The van der Waals surface area contributed by atoms with Crippen LogP contribution in [-0.2, 0) is 9.53 Å². The van der Waals surface area contributed by atoms with Gasteiger partial charge in [0.15, 0.2) is 5.70 Å². The van der Waals surface area contributed by atoms with Gasteiger partial charge in [-0.1, -0.05) is 30.3 Å². The largest absolute Gasteiger partial charge is 0.490 e. The van der Waals surface area contributed by atoms with Crippen molar-refractivity contribution in [1.82, 2.24) is 0 Å². The Hall–Kier alpha value is -4.46. The van der Waals surface area contributed by atoms with Gasteiger partial charge in [0.1, 0.15) is 24.7 Å². The molecule has 1 aliphatic heterocycles. The maximum Gasteiger partial charge on any atom is 0.363 e. The van der Waals surface area contributed by atoms with Crippen molar-refractivity contribution in [2.45, 2.75) is 6.92 Å². The molecule has 0 N–H and O–H groups in total. The van der Waals surface area contributed by atoms with Crippen LogP contribution in [0.2, 0.25) is 0 Å². The Morgan fingerprint density at radius 3 is 2.55 bits per heavy atom. The molecular weight excluding hydrogens is 424 g/mol. The molecule has 3 aromatic carbocycles. The van der Waals surface area contributed by atoms with Gasteiger partial charge in [-0.05, 0) is 48.9 Å². The number of benzene rings is 3. The smallest absolute Gasteiger partial charge is 0.363 e. The molecule has 0 bridgehead atoms. The molecule has 3 aromatic rings. The summed E-state index contributed by atoms with van der Waals surface area (Å²) in [4.78, 5) is 27.3. The summed E-state index contributed by atoms with van der Waals surface area (Å²) in [5.41, 5.74) is 1.96. The van der Waals surface area contributed by atoms with Crippen molar-refractivity contribution < 1.29 is 23.9 Å². The number of nitrogens with zero attached hydrogens (tertiary/aromatic N) is 2. The van der Waals surface area contributed by atoms with E-state index < -0.39 is 10.9 Å². The summed E-state index contributed by atoms with van der Waals surface area (Å²) in [6, 6.07) is 20.8. The number of rotatable bonds is 8. The van der Waals surface area contributed by atoms with Crippen LogP contribution in [0.25, 0.3) is 6.08 Å². The van der Waals surface area contributed by atoms with Crippen LogP contribution in [0.3, 0.4) is 0 Å². The van der Waals surface area contributed by atoms with Crippen LogP contribution in [0.15, 0.2) is 83.5 Å². The molecule has 0 aromatic heterocycles. The maximum absolute atomic E-state index is 12.3. The minimum Gasteiger partial charge on any atom is -0.490 e. The molecule has 8 nitrogen and oxygen atoms in total. The van der Waals surface area contributed by atoms with Gasteiger partial charge in [-0.3, -0.25) is 10.1 Å². The summed E-state index contributed by atoms with van der Waals surface area (Å²) in [7, 11) is 0. The summed E-state index contributed by atoms with van der Waals surface area (Å²) in [6.45, 7) is 2.44. The number of ether oxygens (including phenoxy) is 3. The zero-order valence-corrected chi connectivity index (χ0v) is 17.8. The molecular formula is C25H20N2O6. The number of nitro benzene ring substituents is 1. The van der Waals surface area contributed by atoms with Crippen LogP contribution in [0, 0.1) is 17.0 Å². The van der Waals surface area contributed by atoms with Crippen LogP contribution < -0.4 is 9.47 Å². The third-order valence-corrected chi connectivity index (χ3v) is 4.74. The van der Waals surface area contributed by atoms with Gasteiger partial charge in [-0.2, -0.15) is 0 Å². The van der Waals surface area contributed by atoms with E-state index in [1.165, 1.54) is 24.3 Å². The fourth-order valence-corrected chi connectivity index (χ4v) is 3.17. The van der Waals surface area contributed by atoms with E-state index in [4.69, 9.17) is 14.2 Å². The molecule has 0 atom stereocenters. The minimum absolute atomic E-state index is 0.0233. The quantitative estimate of drug-likeness (QED) is 0.164. The van der Waals surface area contributed by atoms with Crippen molar-refractivity contribution in [3.63, 3.8) is 0 Å². The minimum atomic E-state index is -0.644. The second-order valence-electron chi connectivity index (χ2n) is 7.19. The topological polar surface area (TPSA) is 100 Å². The lowest BCUT2D eigenvalue weighted by Crippen LogP contribution is -2.10. The van der Waals surface area contributed by atoms with E-state index in [0.29, 0.717) is 16.9 Å². The highest BCUT2D eigenvalue weighted by Crippen LogP contribution is 2.28. The molecule has 166 valence electrons. The Morgan fingerprint density at radius 2 is 1.79 bits per heavy atom. The number of hydrogen-bond donors (Lipinski definition) is 0. The number of aliphatic imine (C=N–C) groups is 1. The first-order valence-corrected chi connectivity index (χ1v) is 10.2. The molecule has 8 heteroatoms. The molecule has 0 spiro atoms. The number of non-ortho nitro benzene ring substituents is 1. The summed E-state index contributed by atoms with van der Waals surface area (Å²) in [5.74, 6) is 0.610. The average Bonchev–Trinajstić information content (AvgIpc) is 3.18. The van der Waals surface area contributed by atoms with Crippen molar-refractivity contribution in [3.8, 4) is 11.5 Å². The number of nitro groups is 1. The van der Waals surface area contributed by atoms with E-state index in [2.05, 4.69) is 4.99 Å². The molecule has 0 saturated carbocycles. The first-order valence-electron chi connectivity index (χ1n) is 10.2. The molecule has 0 amide bonds. The first-order chi connectivity index (χ1) is 16.0. The third-order valence-electron chi connectivity index (χ3n) is 4.74. The fourth-order valence-electron chi connectivity index (χ4n) is 3.17. The summed E-state index contributed by atoms with van der Waals surface area (Å²) in [5, 5.41) is 11.3. The predicted octanol–water partition coefficient (Wildman–Crippen LogP) is 4.71. The van der Waals surface area contributed by atoms with E-state index in [-0.39, 0.29) is 30.5 Å². The molecule has 4 rings (SSSR count). The summed E-state index contributed by atoms with van der Waals surface area (Å²) < 4.78 is 16.7. The lowest BCUT2D eigenvalue weighted by Gasteiger charge is -2.11. The molecule has 0 unspecified atom stereocenters. The summed E-state index contributed by atoms with van der Waals surface area (Å²) in [6.07, 6.45) is 1.42. The Balaban J connectivity index is 1.53. The predicted molar refractivity (Wildman–Crippen MR) is 122 cm³/mol. The zero-order valence-electron chi connectivity index (χ0n) is 17.8. The lowest BCUT2D eigenvalue weighted by atomic mass is 10.1. The third kappa shape index (κ3) is 5.43. The van der Waals surface area contributed by atoms with E-state index in [0.717, 1.165) is 11.3 Å². The van der Waals surface area contributed by atoms with Crippen molar-refractivity contribution in [2.24, 2.45) is 4.99 Å². The molecule has 1 aliphatic rings. The highest BCUT2D eigenvalue weighted by molar-refractivity contribution is 6.12. The van der Waals surface area contributed by atoms with Gasteiger partial charge >= 0.3 is 5.97 Å². The highest BCUT2D eigenvalue weighted by atomic mass is 16.6. The Morgan fingerprint density at radius 1 is 1.00 bits per heavy atom. The number of cyclic esters (lactones) is 1. The van der Waals surface area contributed by atoms with E-state index in [1.54, 1.807) is 24.3 Å². The van der Waals surface area contributed by atoms with Crippen LogP contribution in [0.1, 0.15) is 16.7 Å². The van der Waals surface area contributed by atoms with Crippen molar-refractivity contribution in [3.05, 3.63) is 105 Å². The molecule has 33 heavy (non-hydrogen) atoms. The van der Waals surface area contributed by atoms with Gasteiger partial charge in [-0.15, -0.1) is 0 Å².